The number of amides is 3. The molecule has 25 heavy (non-hydrogen) atoms. The first kappa shape index (κ1) is 17.3. The molecule has 8 heteroatoms. The lowest BCUT2D eigenvalue weighted by molar-refractivity contribution is -0.147. The normalized spacial score (nSPS) is 25.6. The van der Waals surface area contributed by atoms with Gasteiger partial charge in [0.1, 0.15) is 23.7 Å². The van der Waals surface area contributed by atoms with Crippen molar-refractivity contribution in [2.75, 3.05) is 6.54 Å². The summed E-state index contributed by atoms with van der Waals surface area (Å²) in [6.45, 7) is 2.10. The van der Waals surface area contributed by atoms with E-state index < -0.39 is 41.2 Å². The van der Waals surface area contributed by atoms with Gasteiger partial charge < -0.3 is 15.5 Å². The Labute approximate surface area is 143 Å². The summed E-state index contributed by atoms with van der Waals surface area (Å²) >= 11 is 0. The summed E-state index contributed by atoms with van der Waals surface area (Å²) in [6, 6.07) is 0.970. The standard InChI is InChI=1S/C17H19F2N3O3/c1-2-3-13-17(25)22-8-10(7-14(22)16(24)21-13)20-15(23)11-6-9(18)4-5-12(11)19/h4-6,10,13-14H,2-3,7-8H2,1H3,(H,20,23)(H,21,24)/t10-,13-,14-/m0/s1. The summed E-state index contributed by atoms with van der Waals surface area (Å²) in [7, 11) is 0. The lowest BCUT2D eigenvalue weighted by Crippen LogP contribution is -2.61. The summed E-state index contributed by atoms with van der Waals surface area (Å²) in [4.78, 5) is 38.3. The Morgan fingerprint density at radius 3 is 2.84 bits per heavy atom. The number of piperazine rings is 1. The number of fused-ring (bicyclic) bond motifs is 1. The zero-order chi connectivity index (χ0) is 18.1. The highest BCUT2D eigenvalue weighted by Gasteiger charge is 2.46. The van der Waals surface area contributed by atoms with Crippen LogP contribution in [-0.4, -0.2) is 47.3 Å². The number of rotatable bonds is 4. The molecular weight excluding hydrogens is 332 g/mol. The van der Waals surface area contributed by atoms with Gasteiger partial charge in [-0.25, -0.2) is 8.78 Å². The number of carbonyl (C=O) groups is 3. The van der Waals surface area contributed by atoms with Crippen LogP contribution >= 0.6 is 0 Å². The van der Waals surface area contributed by atoms with Crippen molar-refractivity contribution >= 4 is 17.7 Å². The third-order valence-electron chi connectivity index (χ3n) is 4.59. The number of benzene rings is 1. The van der Waals surface area contributed by atoms with Crippen LogP contribution in [0.25, 0.3) is 0 Å². The summed E-state index contributed by atoms with van der Waals surface area (Å²) in [5.41, 5.74) is -0.399. The summed E-state index contributed by atoms with van der Waals surface area (Å²) in [6.07, 6.45) is 1.56. The number of hydrogen-bond donors (Lipinski definition) is 2. The molecule has 2 fully saturated rings. The molecule has 6 nitrogen and oxygen atoms in total. The molecule has 3 rings (SSSR count). The van der Waals surface area contributed by atoms with Crippen LogP contribution in [0.15, 0.2) is 18.2 Å². The molecule has 0 unspecified atom stereocenters. The van der Waals surface area contributed by atoms with E-state index in [0.717, 1.165) is 24.6 Å². The van der Waals surface area contributed by atoms with Gasteiger partial charge in [-0.15, -0.1) is 0 Å². The van der Waals surface area contributed by atoms with E-state index in [-0.39, 0.29) is 24.8 Å². The van der Waals surface area contributed by atoms with Crippen molar-refractivity contribution in [2.45, 2.75) is 44.3 Å². The van der Waals surface area contributed by atoms with E-state index in [4.69, 9.17) is 0 Å². The molecule has 1 aromatic carbocycles. The van der Waals surface area contributed by atoms with Crippen LogP contribution in [0.3, 0.4) is 0 Å². The predicted octanol–water partition coefficient (Wildman–Crippen LogP) is 0.963. The second kappa shape index (κ2) is 6.78. The predicted molar refractivity (Wildman–Crippen MR) is 84.6 cm³/mol. The van der Waals surface area contributed by atoms with E-state index in [9.17, 15) is 23.2 Å². The van der Waals surface area contributed by atoms with Crippen LogP contribution in [0, 0.1) is 11.6 Å². The molecule has 0 spiro atoms. The Hall–Kier alpha value is -2.51. The smallest absolute Gasteiger partial charge is 0.254 e. The molecule has 2 heterocycles. The van der Waals surface area contributed by atoms with E-state index in [0.29, 0.717) is 6.42 Å². The van der Waals surface area contributed by atoms with Gasteiger partial charge in [0.15, 0.2) is 0 Å². The highest BCUT2D eigenvalue weighted by molar-refractivity contribution is 5.98. The summed E-state index contributed by atoms with van der Waals surface area (Å²) < 4.78 is 26.9. The Balaban J connectivity index is 1.70. The number of halogens is 2. The first-order valence-corrected chi connectivity index (χ1v) is 8.27. The van der Waals surface area contributed by atoms with Crippen LogP contribution in [0.1, 0.15) is 36.5 Å². The topological polar surface area (TPSA) is 78.5 Å². The SMILES string of the molecule is CCC[C@@H]1NC(=O)[C@@H]2C[C@H](NC(=O)c3cc(F)ccc3F)CN2C1=O. The Kier molecular flexibility index (Phi) is 4.69. The minimum absolute atomic E-state index is 0.167. The molecule has 3 atom stereocenters. The van der Waals surface area contributed by atoms with Crippen LogP contribution in [0.5, 0.6) is 0 Å². The lowest BCUT2D eigenvalue weighted by Gasteiger charge is -2.34. The second-order valence-corrected chi connectivity index (χ2v) is 6.39. The van der Waals surface area contributed by atoms with Crippen molar-refractivity contribution in [2.24, 2.45) is 0 Å². The molecule has 0 bridgehead atoms. The molecule has 0 aromatic heterocycles. The summed E-state index contributed by atoms with van der Waals surface area (Å²) in [5, 5.41) is 5.30. The molecular formula is C17H19F2N3O3. The minimum atomic E-state index is -0.827. The molecule has 3 amide bonds. The fourth-order valence-electron chi connectivity index (χ4n) is 3.38. The number of hydrogen-bond acceptors (Lipinski definition) is 3. The van der Waals surface area contributed by atoms with E-state index in [1.54, 1.807) is 0 Å². The van der Waals surface area contributed by atoms with Crippen molar-refractivity contribution in [3.8, 4) is 0 Å². The monoisotopic (exact) mass is 351 g/mol. The van der Waals surface area contributed by atoms with Gasteiger partial charge in [-0.1, -0.05) is 13.3 Å². The highest BCUT2D eigenvalue weighted by atomic mass is 19.1. The van der Waals surface area contributed by atoms with Gasteiger partial charge in [-0.3, -0.25) is 14.4 Å². The van der Waals surface area contributed by atoms with Gasteiger partial charge in [-0.05, 0) is 31.0 Å². The van der Waals surface area contributed by atoms with E-state index in [1.807, 2.05) is 6.92 Å². The Morgan fingerprint density at radius 2 is 2.12 bits per heavy atom. The van der Waals surface area contributed by atoms with E-state index in [1.165, 1.54) is 4.90 Å². The van der Waals surface area contributed by atoms with Gasteiger partial charge in [-0.2, -0.15) is 0 Å². The Bertz CT molecular complexity index is 725. The molecule has 2 aliphatic heterocycles. The maximum Gasteiger partial charge on any atom is 0.254 e. The average Bonchev–Trinajstić information content (AvgIpc) is 2.99. The molecule has 2 aliphatic rings. The van der Waals surface area contributed by atoms with Gasteiger partial charge in [0.25, 0.3) is 5.91 Å². The van der Waals surface area contributed by atoms with Crippen LogP contribution in [0.2, 0.25) is 0 Å². The van der Waals surface area contributed by atoms with Gasteiger partial charge in [0.05, 0.1) is 5.56 Å². The fraction of sp³-hybridized carbons (Fsp3) is 0.471. The van der Waals surface area contributed by atoms with Crippen LogP contribution in [0.4, 0.5) is 8.78 Å². The molecule has 2 N–H and O–H groups in total. The molecule has 0 aliphatic carbocycles. The largest absolute Gasteiger partial charge is 0.347 e. The maximum atomic E-state index is 13.7. The maximum absolute atomic E-state index is 13.7. The minimum Gasteiger partial charge on any atom is -0.347 e. The van der Waals surface area contributed by atoms with Crippen molar-refractivity contribution in [1.29, 1.82) is 0 Å². The number of nitrogens with zero attached hydrogens (tertiary/aromatic N) is 1. The van der Waals surface area contributed by atoms with E-state index in [2.05, 4.69) is 10.6 Å². The van der Waals surface area contributed by atoms with Gasteiger partial charge >= 0.3 is 0 Å². The highest BCUT2D eigenvalue weighted by Crippen LogP contribution is 2.24. The van der Waals surface area contributed by atoms with Crippen molar-refractivity contribution < 1.29 is 23.2 Å². The second-order valence-electron chi connectivity index (χ2n) is 6.39. The van der Waals surface area contributed by atoms with E-state index >= 15 is 0 Å². The molecule has 1 aromatic rings. The average molecular weight is 351 g/mol. The quantitative estimate of drug-likeness (QED) is 0.848. The molecule has 0 radical (unpaired) electrons. The number of carbonyl (C=O) groups excluding carboxylic acids is 3. The van der Waals surface area contributed by atoms with Crippen LogP contribution in [-0.2, 0) is 9.59 Å². The lowest BCUT2D eigenvalue weighted by atomic mass is 10.0. The Morgan fingerprint density at radius 1 is 1.36 bits per heavy atom. The first-order chi connectivity index (χ1) is 11.9. The third-order valence-corrected chi connectivity index (χ3v) is 4.59. The van der Waals surface area contributed by atoms with Gasteiger partial charge in [0.2, 0.25) is 11.8 Å². The van der Waals surface area contributed by atoms with Crippen molar-refractivity contribution in [1.82, 2.24) is 15.5 Å². The third kappa shape index (κ3) is 3.33. The van der Waals surface area contributed by atoms with Crippen LogP contribution < -0.4 is 10.6 Å². The zero-order valence-corrected chi connectivity index (χ0v) is 13.7. The zero-order valence-electron chi connectivity index (χ0n) is 13.7. The number of nitrogens with one attached hydrogen (secondary N) is 2. The van der Waals surface area contributed by atoms with Crippen molar-refractivity contribution in [3.05, 3.63) is 35.4 Å². The fourth-order valence-corrected chi connectivity index (χ4v) is 3.38. The molecule has 0 saturated carbocycles. The van der Waals surface area contributed by atoms with Gasteiger partial charge in [0, 0.05) is 12.6 Å². The summed E-state index contributed by atoms with van der Waals surface area (Å²) in [5.74, 6) is -2.72. The molecule has 134 valence electrons. The van der Waals surface area contributed by atoms with Crippen molar-refractivity contribution in [3.63, 3.8) is 0 Å². The molecule has 2 saturated heterocycles. The first-order valence-electron chi connectivity index (χ1n) is 8.27.